The fourth-order valence-corrected chi connectivity index (χ4v) is 2.64. The lowest BCUT2D eigenvalue weighted by molar-refractivity contribution is -0.135. The zero-order valence-electron chi connectivity index (χ0n) is 12.6. The van der Waals surface area contributed by atoms with Gasteiger partial charge < -0.3 is 9.57 Å². The smallest absolute Gasteiger partial charge is 0.356 e. The Bertz CT molecular complexity index is 713. The van der Waals surface area contributed by atoms with E-state index in [9.17, 15) is 9.18 Å². The first-order chi connectivity index (χ1) is 11.2. The van der Waals surface area contributed by atoms with E-state index in [2.05, 4.69) is 5.16 Å². The van der Waals surface area contributed by atoms with Crippen molar-refractivity contribution in [1.82, 2.24) is 0 Å². The van der Waals surface area contributed by atoms with E-state index < -0.39 is 18.0 Å². The predicted octanol–water partition coefficient (Wildman–Crippen LogP) is 3.60. The highest BCUT2D eigenvalue weighted by Gasteiger charge is 2.40. The highest BCUT2D eigenvalue weighted by molar-refractivity contribution is 6.39. The van der Waals surface area contributed by atoms with Crippen molar-refractivity contribution in [2.24, 2.45) is 5.16 Å². The highest BCUT2D eigenvalue weighted by atomic mass is 19.1. The molecule has 5 heteroatoms. The van der Waals surface area contributed by atoms with Gasteiger partial charge in [-0.3, -0.25) is 0 Å². The molecule has 1 aliphatic rings. The van der Waals surface area contributed by atoms with Gasteiger partial charge in [0.25, 0.3) is 0 Å². The molecule has 0 N–H and O–H groups in total. The molecule has 0 aliphatic carbocycles. The molecule has 0 amide bonds. The Hall–Kier alpha value is -2.69. The number of hydrogen-bond donors (Lipinski definition) is 0. The number of carbonyl (C=O) groups excluding carboxylic acids is 1. The van der Waals surface area contributed by atoms with E-state index >= 15 is 0 Å². The maximum Gasteiger partial charge on any atom is 0.356 e. The summed E-state index contributed by atoms with van der Waals surface area (Å²) in [6.45, 7) is 1.99. The molecule has 23 heavy (non-hydrogen) atoms. The minimum absolute atomic E-state index is 0.201. The van der Waals surface area contributed by atoms with Crippen LogP contribution in [0.25, 0.3) is 0 Å². The van der Waals surface area contributed by atoms with Gasteiger partial charge in [-0.1, -0.05) is 47.6 Å². The number of hydrogen-bond acceptors (Lipinski definition) is 4. The standard InChI is InChI=1S/C18H16FNO3/c1-2-22-18(21)16-15(12-8-10-14(19)11-9-12)17(23-20-16)13-6-4-3-5-7-13/h3-11,15,17H,2H2,1H3. The average Bonchev–Trinajstić information content (AvgIpc) is 3.01. The maximum atomic E-state index is 13.2. The van der Waals surface area contributed by atoms with E-state index in [1.807, 2.05) is 30.3 Å². The summed E-state index contributed by atoms with van der Waals surface area (Å²) in [5.74, 6) is -1.28. The van der Waals surface area contributed by atoms with E-state index in [1.54, 1.807) is 19.1 Å². The van der Waals surface area contributed by atoms with Gasteiger partial charge in [-0.2, -0.15) is 0 Å². The molecule has 4 nitrogen and oxygen atoms in total. The number of benzene rings is 2. The van der Waals surface area contributed by atoms with Crippen LogP contribution in [-0.4, -0.2) is 18.3 Å². The van der Waals surface area contributed by atoms with E-state index in [0.29, 0.717) is 0 Å². The van der Waals surface area contributed by atoms with E-state index in [1.165, 1.54) is 12.1 Å². The monoisotopic (exact) mass is 313 g/mol. The van der Waals surface area contributed by atoms with Crippen LogP contribution in [-0.2, 0) is 14.4 Å². The predicted molar refractivity (Wildman–Crippen MR) is 83.5 cm³/mol. The van der Waals surface area contributed by atoms with Gasteiger partial charge in [0.05, 0.1) is 12.5 Å². The van der Waals surface area contributed by atoms with Crippen molar-refractivity contribution in [2.45, 2.75) is 18.9 Å². The molecule has 0 saturated heterocycles. The molecule has 3 rings (SSSR count). The van der Waals surface area contributed by atoms with Crippen molar-refractivity contribution >= 4 is 11.7 Å². The number of ether oxygens (including phenoxy) is 1. The Kier molecular flexibility index (Phi) is 4.37. The molecule has 0 saturated carbocycles. The molecule has 0 spiro atoms. The van der Waals surface area contributed by atoms with Gasteiger partial charge in [0.15, 0.2) is 11.8 Å². The summed E-state index contributed by atoms with van der Waals surface area (Å²) >= 11 is 0. The molecule has 1 aliphatic heterocycles. The fraction of sp³-hybridized carbons (Fsp3) is 0.222. The first-order valence-electron chi connectivity index (χ1n) is 7.42. The second-order valence-corrected chi connectivity index (χ2v) is 5.16. The summed E-state index contributed by atoms with van der Waals surface area (Å²) in [5.41, 5.74) is 1.85. The minimum Gasteiger partial charge on any atom is -0.461 e. The first kappa shape index (κ1) is 15.2. The highest BCUT2D eigenvalue weighted by Crippen LogP contribution is 2.40. The third-order valence-corrected chi connectivity index (χ3v) is 3.70. The molecule has 118 valence electrons. The van der Waals surface area contributed by atoms with Crippen LogP contribution < -0.4 is 0 Å². The Morgan fingerprint density at radius 2 is 1.83 bits per heavy atom. The van der Waals surface area contributed by atoms with Crippen LogP contribution in [0.15, 0.2) is 59.8 Å². The number of rotatable bonds is 4. The second kappa shape index (κ2) is 6.60. The molecule has 0 bridgehead atoms. The van der Waals surface area contributed by atoms with Crippen LogP contribution in [0.2, 0.25) is 0 Å². The molecule has 0 aromatic heterocycles. The Labute approximate surface area is 133 Å². The van der Waals surface area contributed by atoms with Gasteiger partial charge in [-0.05, 0) is 30.2 Å². The number of halogens is 1. The summed E-state index contributed by atoms with van der Waals surface area (Å²) in [7, 11) is 0. The van der Waals surface area contributed by atoms with Gasteiger partial charge in [-0.25, -0.2) is 9.18 Å². The Morgan fingerprint density at radius 1 is 1.13 bits per heavy atom. The summed E-state index contributed by atoms with van der Waals surface area (Å²) in [6.07, 6.45) is -0.443. The van der Waals surface area contributed by atoms with Crippen LogP contribution in [0.3, 0.4) is 0 Å². The lowest BCUT2D eigenvalue weighted by Gasteiger charge is -2.19. The minimum atomic E-state index is -0.514. The van der Waals surface area contributed by atoms with Crippen LogP contribution in [0.5, 0.6) is 0 Å². The molecule has 2 aromatic carbocycles. The van der Waals surface area contributed by atoms with Crippen LogP contribution >= 0.6 is 0 Å². The van der Waals surface area contributed by atoms with Crippen LogP contribution in [0.1, 0.15) is 30.1 Å². The Balaban J connectivity index is 1.99. The number of esters is 1. The maximum absolute atomic E-state index is 13.2. The van der Waals surface area contributed by atoms with E-state index in [0.717, 1.165) is 11.1 Å². The third-order valence-electron chi connectivity index (χ3n) is 3.70. The average molecular weight is 313 g/mol. The topological polar surface area (TPSA) is 47.9 Å². The summed E-state index contributed by atoms with van der Waals surface area (Å²) in [5, 5.41) is 3.94. The van der Waals surface area contributed by atoms with Crippen molar-refractivity contribution < 1.29 is 18.8 Å². The normalized spacial score (nSPS) is 19.8. The van der Waals surface area contributed by atoms with Crippen molar-refractivity contribution in [3.05, 3.63) is 71.5 Å². The molecule has 1 heterocycles. The van der Waals surface area contributed by atoms with Crippen molar-refractivity contribution in [3.63, 3.8) is 0 Å². The van der Waals surface area contributed by atoms with Gasteiger partial charge >= 0.3 is 5.97 Å². The van der Waals surface area contributed by atoms with E-state index in [-0.39, 0.29) is 18.1 Å². The zero-order valence-corrected chi connectivity index (χ0v) is 12.6. The lowest BCUT2D eigenvalue weighted by Crippen LogP contribution is -2.25. The number of oxime groups is 1. The molecule has 0 radical (unpaired) electrons. The van der Waals surface area contributed by atoms with Crippen molar-refractivity contribution in [2.75, 3.05) is 6.61 Å². The quantitative estimate of drug-likeness (QED) is 0.810. The van der Waals surface area contributed by atoms with Crippen LogP contribution in [0, 0.1) is 5.82 Å². The van der Waals surface area contributed by atoms with Gasteiger partial charge in [0.2, 0.25) is 0 Å². The summed E-state index contributed by atoms with van der Waals surface area (Å²) in [4.78, 5) is 17.7. The Morgan fingerprint density at radius 3 is 2.48 bits per heavy atom. The first-order valence-corrected chi connectivity index (χ1v) is 7.42. The SMILES string of the molecule is CCOC(=O)C1=NOC(c2ccccc2)C1c1ccc(F)cc1. The van der Waals surface area contributed by atoms with Gasteiger partial charge in [0, 0.05) is 0 Å². The summed E-state index contributed by atoms with van der Waals surface area (Å²) in [6, 6.07) is 15.5. The number of nitrogens with zero attached hydrogens (tertiary/aromatic N) is 1. The molecule has 2 atom stereocenters. The molecule has 0 fully saturated rings. The third kappa shape index (κ3) is 3.08. The van der Waals surface area contributed by atoms with Gasteiger partial charge in [-0.15, -0.1) is 0 Å². The van der Waals surface area contributed by atoms with Crippen molar-refractivity contribution in [3.8, 4) is 0 Å². The lowest BCUT2D eigenvalue weighted by atomic mass is 9.86. The summed E-state index contributed by atoms with van der Waals surface area (Å²) < 4.78 is 18.3. The van der Waals surface area contributed by atoms with Gasteiger partial charge in [0.1, 0.15) is 5.82 Å². The molecule has 2 aromatic rings. The number of carbonyl (C=O) groups is 1. The molecular formula is C18H16FNO3. The van der Waals surface area contributed by atoms with E-state index in [4.69, 9.17) is 9.57 Å². The molecule has 2 unspecified atom stereocenters. The largest absolute Gasteiger partial charge is 0.461 e. The van der Waals surface area contributed by atoms with Crippen LogP contribution in [0.4, 0.5) is 4.39 Å². The van der Waals surface area contributed by atoms with Crippen molar-refractivity contribution in [1.29, 1.82) is 0 Å². The fourth-order valence-electron chi connectivity index (χ4n) is 2.64. The zero-order chi connectivity index (χ0) is 16.2. The second-order valence-electron chi connectivity index (χ2n) is 5.16. The molecular weight excluding hydrogens is 297 g/mol.